The number of hydrogen-bond donors (Lipinski definition) is 1. The molecule has 0 unspecified atom stereocenters. The first kappa shape index (κ1) is 25.1. The highest BCUT2D eigenvalue weighted by Gasteiger charge is 2.36. The predicted octanol–water partition coefficient (Wildman–Crippen LogP) is 5.02. The number of para-hydroxylation sites is 1. The monoisotopic (exact) mass is 498 g/mol. The van der Waals surface area contributed by atoms with Gasteiger partial charge in [0, 0.05) is 30.6 Å². The van der Waals surface area contributed by atoms with Crippen molar-refractivity contribution in [2.24, 2.45) is 0 Å². The van der Waals surface area contributed by atoms with Gasteiger partial charge in [-0.2, -0.15) is 0 Å². The number of nitrogens with zero attached hydrogens (tertiary/aromatic N) is 1. The Morgan fingerprint density at radius 3 is 2.28 bits per heavy atom. The van der Waals surface area contributed by atoms with E-state index in [2.05, 4.69) is 10.1 Å². The molecule has 2 amide bonds. The van der Waals surface area contributed by atoms with Crippen molar-refractivity contribution >= 4 is 11.8 Å². The van der Waals surface area contributed by atoms with Crippen molar-refractivity contribution in [3.05, 3.63) is 95.6 Å². The Bertz CT molecular complexity index is 1200. The van der Waals surface area contributed by atoms with Gasteiger partial charge in [-0.3, -0.25) is 9.59 Å². The SMILES string of the molecule is COc1ccc(C(=O)N2CC[C@@H](NC(=O)c3ccccc3OC(F)(F)F)[C@@H](c3ccccc3)C2)cc1. The second-order valence-corrected chi connectivity index (χ2v) is 8.41. The molecule has 1 heterocycles. The van der Waals surface area contributed by atoms with Crippen molar-refractivity contribution in [3.63, 3.8) is 0 Å². The summed E-state index contributed by atoms with van der Waals surface area (Å²) in [5.74, 6) is -0.999. The van der Waals surface area contributed by atoms with Gasteiger partial charge in [-0.05, 0) is 48.4 Å². The Hall–Kier alpha value is -4.01. The van der Waals surface area contributed by atoms with Gasteiger partial charge in [-0.25, -0.2) is 0 Å². The highest BCUT2D eigenvalue weighted by atomic mass is 19.4. The van der Waals surface area contributed by atoms with Gasteiger partial charge in [-0.15, -0.1) is 13.2 Å². The van der Waals surface area contributed by atoms with Crippen LogP contribution in [0.15, 0.2) is 78.9 Å². The third-order valence-electron chi connectivity index (χ3n) is 6.14. The summed E-state index contributed by atoms with van der Waals surface area (Å²) in [6, 6.07) is 21.1. The van der Waals surface area contributed by atoms with Crippen LogP contribution in [0.1, 0.15) is 38.6 Å². The number of amides is 2. The molecule has 2 atom stereocenters. The molecule has 188 valence electrons. The summed E-state index contributed by atoms with van der Waals surface area (Å²) in [7, 11) is 1.55. The number of nitrogens with one attached hydrogen (secondary N) is 1. The lowest BCUT2D eigenvalue weighted by Crippen LogP contribution is -2.51. The van der Waals surface area contributed by atoms with Gasteiger partial charge in [0.2, 0.25) is 0 Å². The molecule has 6 nitrogen and oxygen atoms in total. The third-order valence-corrected chi connectivity index (χ3v) is 6.14. The standard InChI is InChI=1S/C27H25F3N2O4/c1-35-20-13-11-19(12-14-20)26(34)32-16-15-23(22(17-32)18-7-3-2-4-8-18)31-25(33)21-9-5-6-10-24(21)36-27(28,29)30/h2-14,22-23H,15-17H2,1H3,(H,31,33)/t22-,23-/m1/s1. The molecule has 1 fully saturated rings. The zero-order valence-electron chi connectivity index (χ0n) is 19.5. The van der Waals surface area contributed by atoms with E-state index in [-0.39, 0.29) is 17.4 Å². The summed E-state index contributed by atoms with van der Waals surface area (Å²) in [4.78, 5) is 27.9. The first-order chi connectivity index (χ1) is 17.2. The number of methoxy groups -OCH3 is 1. The molecule has 1 saturated heterocycles. The molecular weight excluding hydrogens is 473 g/mol. The average Bonchev–Trinajstić information content (AvgIpc) is 2.88. The molecular formula is C27H25F3N2O4. The Morgan fingerprint density at radius 2 is 1.61 bits per heavy atom. The lowest BCUT2D eigenvalue weighted by atomic mass is 9.85. The second kappa shape index (κ2) is 10.7. The van der Waals surface area contributed by atoms with Crippen molar-refractivity contribution in [2.45, 2.75) is 24.7 Å². The Labute approximate surface area is 206 Å². The van der Waals surface area contributed by atoms with E-state index in [4.69, 9.17) is 4.74 Å². The van der Waals surface area contributed by atoms with Gasteiger partial charge in [0.05, 0.1) is 12.7 Å². The van der Waals surface area contributed by atoms with E-state index in [9.17, 15) is 22.8 Å². The molecule has 0 radical (unpaired) electrons. The summed E-state index contributed by atoms with van der Waals surface area (Å²) >= 11 is 0. The molecule has 0 bridgehead atoms. The molecule has 9 heteroatoms. The van der Waals surface area contributed by atoms with Crippen LogP contribution in [0.25, 0.3) is 0 Å². The van der Waals surface area contributed by atoms with Gasteiger partial charge >= 0.3 is 6.36 Å². The van der Waals surface area contributed by atoms with Gasteiger partial charge in [0.1, 0.15) is 11.5 Å². The number of halogens is 3. The fraction of sp³-hybridized carbons (Fsp3) is 0.259. The summed E-state index contributed by atoms with van der Waals surface area (Å²) in [5, 5.41) is 2.88. The van der Waals surface area contributed by atoms with Crippen LogP contribution in [0, 0.1) is 0 Å². The van der Waals surface area contributed by atoms with Crippen LogP contribution in [0.3, 0.4) is 0 Å². The number of alkyl halides is 3. The number of likely N-dealkylation sites (tertiary alicyclic amines) is 1. The molecule has 0 spiro atoms. The summed E-state index contributed by atoms with van der Waals surface area (Å²) in [5.41, 5.74) is 1.22. The maximum absolute atomic E-state index is 13.2. The Morgan fingerprint density at radius 1 is 0.944 bits per heavy atom. The number of ether oxygens (including phenoxy) is 2. The van der Waals surface area contributed by atoms with Crippen LogP contribution < -0.4 is 14.8 Å². The predicted molar refractivity (Wildman–Crippen MR) is 127 cm³/mol. The first-order valence-electron chi connectivity index (χ1n) is 11.4. The maximum atomic E-state index is 13.2. The number of hydrogen-bond acceptors (Lipinski definition) is 4. The highest BCUT2D eigenvalue weighted by molar-refractivity contribution is 5.97. The minimum atomic E-state index is -4.92. The Kier molecular flexibility index (Phi) is 7.47. The average molecular weight is 499 g/mol. The van der Waals surface area contributed by atoms with Gasteiger partial charge < -0.3 is 19.7 Å². The topological polar surface area (TPSA) is 67.9 Å². The van der Waals surface area contributed by atoms with Crippen molar-refractivity contribution in [2.75, 3.05) is 20.2 Å². The van der Waals surface area contributed by atoms with Crippen LogP contribution in [-0.2, 0) is 0 Å². The smallest absolute Gasteiger partial charge is 0.497 e. The molecule has 1 aliphatic heterocycles. The lowest BCUT2D eigenvalue weighted by Gasteiger charge is -2.39. The summed E-state index contributed by atoms with van der Waals surface area (Å²) in [6.07, 6.45) is -4.49. The fourth-order valence-electron chi connectivity index (χ4n) is 4.38. The quantitative estimate of drug-likeness (QED) is 0.518. The zero-order valence-corrected chi connectivity index (χ0v) is 19.5. The van der Waals surface area contributed by atoms with E-state index in [1.807, 2.05) is 30.3 Å². The molecule has 0 aromatic heterocycles. The molecule has 3 aromatic carbocycles. The van der Waals surface area contributed by atoms with Crippen molar-refractivity contribution in [1.29, 1.82) is 0 Å². The molecule has 1 aliphatic rings. The summed E-state index contributed by atoms with van der Waals surface area (Å²) in [6.45, 7) is 0.709. The van der Waals surface area contributed by atoms with Crippen LogP contribution in [0.4, 0.5) is 13.2 Å². The minimum absolute atomic E-state index is 0.146. The van der Waals surface area contributed by atoms with Crippen LogP contribution in [0.2, 0.25) is 0 Å². The third kappa shape index (κ3) is 5.97. The molecule has 36 heavy (non-hydrogen) atoms. The molecule has 0 saturated carbocycles. The van der Waals surface area contributed by atoms with E-state index in [0.29, 0.717) is 30.8 Å². The van der Waals surface area contributed by atoms with Crippen molar-refractivity contribution in [1.82, 2.24) is 10.2 Å². The zero-order chi connectivity index (χ0) is 25.7. The number of piperidine rings is 1. The van der Waals surface area contributed by atoms with Gasteiger partial charge in [0.15, 0.2) is 0 Å². The van der Waals surface area contributed by atoms with Gasteiger partial charge in [0.25, 0.3) is 11.8 Å². The van der Waals surface area contributed by atoms with Crippen LogP contribution >= 0.6 is 0 Å². The maximum Gasteiger partial charge on any atom is 0.573 e. The van der Waals surface area contributed by atoms with E-state index in [0.717, 1.165) is 11.6 Å². The van der Waals surface area contributed by atoms with Crippen molar-refractivity contribution in [3.8, 4) is 11.5 Å². The van der Waals surface area contributed by atoms with Gasteiger partial charge in [-0.1, -0.05) is 42.5 Å². The van der Waals surface area contributed by atoms with E-state index in [1.165, 1.54) is 18.2 Å². The first-order valence-corrected chi connectivity index (χ1v) is 11.4. The number of benzene rings is 3. The van der Waals surface area contributed by atoms with E-state index in [1.54, 1.807) is 36.3 Å². The molecule has 0 aliphatic carbocycles. The summed E-state index contributed by atoms with van der Waals surface area (Å²) < 4.78 is 47.7. The second-order valence-electron chi connectivity index (χ2n) is 8.41. The molecule has 1 N–H and O–H groups in total. The number of rotatable bonds is 6. The molecule has 4 rings (SSSR count). The van der Waals surface area contributed by atoms with Crippen molar-refractivity contribution < 1.29 is 32.2 Å². The normalized spacial score (nSPS) is 17.8. The fourth-order valence-corrected chi connectivity index (χ4v) is 4.38. The largest absolute Gasteiger partial charge is 0.573 e. The molecule has 3 aromatic rings. The Balaban J connectivity index is 1.55. The lowest BCUT2D eigenvalue weighted by molar-refractivity contribution is -0.274. The number of carbonyl (C=O) groups excluding carboxylic acids is 2. The van der Waals surface area contributed by atoms with E-state index < -0.39 is 24.1 Å². The minimum Gasteiger partial charge on any atom is -0.497 e. The van der Waals surface area contributed by atoms with E-state index >= 15 is 0 Å². The number of carbonyl (C=O) groups is 2. The van der Waals surface area contributed by atoms with Crippen LogP contribution in [0.5, 0.6) is 11.5 Å². The van der Waals surface area contributed by atoms with Crippen LogP contribution in [-0.4, -0.2) is 49.3 Å². The highest BCUT2D eigenvalue weighted by Crippen LogP contribution is 2.31.